The normalized spacial score (nSPS) is 10.7. The van der Waals surface area contributed by atoms with Gasteiger partial charge in [0.25, 0.3) is 0 Å². The molecule has 3 rings (SSSR count). The Morgan fingerprint density at radius 2 is 1.78 bits per heavy atom. The van der Waals surface area contributed by atoms with E-state index >= 15 is 0 Å². The Kier molecular flexibility index (Phi) is 2.45. The molecule has 0 aliphatic rings. The van der Waals surface area contributed by atoms with E-state index in [0.717, 1.165) is 5.39 Å². The summed E-state index contributed by atoms with van der Waals surface area (Å²) >= 11 is 0. The van der Waals surface area contributed by atoms with Gasteiger partial charge in [-0.05, 0) is 29.7 Å². The molecule has 0 amide bonds. The number of fused-ring (bicyclic) bond motifs is 1. The van der Waals surface area contributed by atoms with Gasteiger partial charge in [-0.15, -0.1) is 0 Å². The van der Waals surface area contributed by atoms with Crippen LogP contribution in [0.25, 0.3) is 22.1 Å². The highest BCUT2D eigenvalue weighted by Gasteiger charge is 2.06. The molecule has 0 fully saturated rings. The minimum atomic E-state index is -0.410. The van der Waals surface area contributed by atoms with Crippen LogP contribution >= 0.6 is 0 Å². The van der Waals surface area contributed by atoms with Crippen molar-refractivity contribution in [2.75, 3.05) is 0 Å². The predicted molar refractivity (Wildman–Crippen MR) is 67.9 cm³/mol. The Morgan fingerprint density at radius 3 is 2.61 bits per heavy atom. The summed E-state index contributed by atoms with van der Waals surface area (Å²) in [6.45, 7) is 0. The smallest absolute Gasteiger partial charge is 0.344 e. The molecule has 88 valence electrons. The topological polar surface area (TPSA) is 30.2 Å². The number of halogens is 1. The third kappa shape index (κ3) is 1.80. The van der Waals surface area contributed by atoms with Crippen molar-refractivity contribution in [2.45, 2.75) is 0 Å². The van der Waals surface area contributed by atoms with Crippen LogP contribution < -0.4 is 5.63 Å². The third-order valence-electron chi connectivity index (χ3n) is 2.78. The van der Waals surface area contributed by atoms with Crippen molar-refractivity contribution in [3.05, 3.63) is 70.8 Å². The zero-order chi connectivity index (χ0) is 12.5. The first kappa shape index (κ1) is 10.7. The number of benzene rings is 2. The first-order valence-electron chi connectivity index (χ1n) is 5.53. The zero-order valence-electron chi connectivity index (χ0n) is 9.39. The van der Waals surface area contributed by atoms with Crippen LogP contribution in [-0.4, -0.2) is 0 Å². The largest absolute Gasteiger partial charge is 0.422 e. The van der Waals surface area contributed by atoms with E-state index < -0.39 is 5.63 Å². The van der Waals surface area contributed by atoms with Gasteiger partial charge in [0, 0.05) is 5.56 Å². The lowest BCUT2D eigenvalue weighted by molar-refractivity contribution is 0.533. The van der Waals surface area contributed by atoms with Crippen molar-refractivity contribution in [2.24, 2.45) is 0 Å². The summed E-state index contributed by atoms with van der Waals surface area (Å²) in [5, 5.41) is 1.31. The Labute approximate surface area is 102 Å². The van der Waals surface area contributed by atoms with E-state index in [-0.39, 0.29) is 5.82 Å². The van der Waals surface area contributed by atoms with E-state index in [2.05, 4.69) is 0 Å². The van der Waals surface area contributed by atoms with Gasteiger partial charge >= 0.3 is 5.63 Å². The molecule has 0 N–H and O–H groups in total. The van der Waals surface area contributed by atoms with Crippen molar-refractivity contribution in [3.8, 4) is 11.3 Å². The minimum Gasteiger partial charge on any atom is -0.422 e. The molecule has 0 atom stereocenters. The van der Waals surface area contributed by atoms with Crippen molar-refractivity contribution in [1.82, 2.24) is 0 Å². The summed E-state index contributed by atoms with van der Waals surface area (Å²) in [7, 11) is 0. The van der Waals surface area contributed by atoms with Gasteiger partial charge in [0.05, 0.1) is 5.39 Å². The molecule has 3 aromatic rings. The maximum absolute atomic E-state index is 13.1. The minimum absolute atomic E-state index is 0.358. The Bertz CT molecular complexity index is 775. The monoisotopic (exact) mass is 240 g/mol. The summed E-state index contributed by atoms with van der Waals surface area (Å²) in [6.07, 6.45) is 0. The number of hydrogen-bond acceptors (Lipinski definition) is 2. The van der Waals surface area contributed by atoms with Crippen molar-refractivity contribution in [1.29, 1.82) is 0 Å². The van der Waals surface area contributed by atoms with E-state index in [9.17, 15) is 9.18 Å². The molecule has 0 bridgehead atoms. The molecule has 2 aromatic carbocycles. The molecule has 0 aliphatic heterocycles. The molecular formula is C15H9FO2. The fourth-order valence-electron chi connectivity index (χ4n) is 1.92. The fourth-order valence-corrected chi connectivity index (χ4v) is 1.92. The molecule has 0 saturated carbocycles. The number of rotatable bonds is 1. The van der Waals surface area contributed by atoms with Gasteiger partial charge in [-0.3, -0.25) is 0 Å². The van der Waals surface area contributed by atoms with E-state index in [1.165, 1.54) is 12.1 Å². The maximum atomic E-state index is 13.1. The predicted octanol–water partition coefficient (Wildman–Crippen LogP) is 3.60. The van der Waals surface area contributed by atoms with Crippen LogP contribution in [0, 0.1) is 5.82 Å². The van der Waals surface area contributed by atoms with Crippen LogP contribution in [-0.2, 0) is 0 Å². The second-order valence-electron chi connectivity index (χ2n) is 4.00. The van der Waals surface area contributed by atoms with E-state index in [1.807, 2.05) is 12.1 Å². The molecule has 2 nitrogen and oxygen atoms in total. The Balaban J connectivity index is 2.28. The van der Waals surface area contributed by atoms with Gasteiger partial charge in [-0.25, -0.2) is 9.18 Å². The molecule has 0 spiro atoms. The standard InChI is InChI=1S/C15H9FO2/c16-12-6-3-5-11(8-12)14-9-10-4-1-2-7-13(10)15(17)18-14/h1-9H. The van der Waals surface area contributed by atoms with Crippen LogP contribution in [0.5, 0.6) is 0 Å². The van der Waals surface area contributed by atoms with E-state index in [1.54, 1.807) is 30.3 Å². The first-order valence-corrected chi connectivity index (χ1v) is 5.53. The quantitative estimate of drug-likeness (QED) is 0.650. The summed E-state index contributed by atoms with van der Waals surface area (Å²) < 4.78 is 18.4. The van der Waals surface area contributed by atoms with Gasteiger partial charge < -0.3 is 4.42 Å². The van der Waals surface area contributed by atoms with Crippen LogP contribution in [0.15, 0.2) is 63.8 Å². The van der Waals surface area contributed by atoms with Crippen LogP contribution in [0.1, 0.15) is 0 Å². The molecule has 0 unspecified atom stereocenters. The zero-order valence-corrected chi connectivity index (χ0v) is 9.39. The van der Waals surface area contributed by atoms with Gasteiger partial charge in [0.2, 0.25) is 0 Å². The molecule has 0 saturated heterocycles. The average Bonchev–Trinajstić information content (AvgIpc) is 2.39. The Hall–Kier alpha value is -2.42. The highest BCUT2D eigenvalue weighted by Crippen LogP contribution is 2.22. The van der Waals surface area contributed by atoms with Crippen LogP contribution in [0.3, 0.4) is 0 Å². The summed E-state index contributed by atoms with van der Waals surface area (Å²) in [4.78, 5) is 11.8. The average molecular weight is 240 g/mol. The van der Waals surface area contributed by atoms with Crippen molar-refractivity contribution in [3.63, 3.8) is 0 Å². The molecule has 1 heterocycles. The third-order valence-corrected chi connectivity index (χ3v) is 2.78. The van der Waals surface area contributed by atoms with E-state index in [4.69, 9.17) is 4.42 Å². The molecule has 18 heavy (non-hydrogen) atoms. The fraction of sp³-hybridized carbons (Fsp3) is 0. The second kappa shape index (κ2) is 4.11. The highest BCUT2D eigenvalue weighted by atomic mass is 19.1. The summed E-state index contributed by atoms with van der Waals surface area (Å²) in [5.41, 5.74) is 0.144. The first-order chi connectivity index (χ1) is 8.74. The van der Waals surface area contributed by atoms with Gasteiger partial charge in [0.1, 0.15) is 11.6 Å². The van der Waals surface area contributed by atoms with Gasteiger partial charge in [-0.2, -0.15) is 0 Å². The number of hydrogen-bond donors (Lipinski definition) is 0. The Morgan fingerprint density at radius 1 is 0.944 bits per heavy atom. The van der Waals surface area contributed by atoms with Gasteiger partial charge in [0.15, 0.2) is 0 Å². The maximum Gasteiger partial charge on any atom is 0.344 e. The van der Waals surface area contributed by atoms with Gasteiger partial charge in [-0.1, -0.05) is 30.3 Å². The lowest BCUT2D eigenvalue weighted by Crippen LogP contribution is -1.99. The molecule has 0 radical (unpaired) electrons. The summed E-state index contributed by atoms with van der Waals surface area (Å²) in [5.74, 6) is 0.0153. The van der Waals surface area contributed by atoms with Crippen LogP contribution in [0.4, 0.5) is 4.39 Å². The second-order valence-corrected chi connectivity index (χ2v) is 4.00. The van der Waals surface area contributed by atoms with Crippen molar-refractivity contribution < 1.29 is 8.81 Å². The molecule has 1 aromatic heterocycles. The van der Waals surface area contributed by atoms with Crippen LogP contribution in [0.2, 0.25) is 0 Å². The van der Waals surface area contributed by atoms with E-state index in [0.29, 0.717) is 16.7 Å². The van der Waals surface area contributed by atoms with Crippen molar-refractivity contribution >= 4 is 10.8 Å². The molecule has 0 aliphatic carbocycles. The summed E-state index contributed by atoms with van der Waals surface area (Å²) in [6, 6.07) is 14.9. The highest BCUT2D eigenvalue weighted by molar-refractivity contribution is 5.83. The molecular weight excluding hydrogens is 231 g/mol. The lowest BCUT2D eigenvalue weighted by Gasteiger charge is -2.02. The molecule has 3 heteroatoms. The lowest BCUT2D eigenvalue weighted by atomic mass is 10.1. The SMILES string of the molecule is O=c1oc(-c2cccc(F)c2)cc2ccccc12.